The lowest BCUT2D eigenvalue weighted by Crippen LogP contribution is -2.01. The summed E-state index contributed by atoms with van der Waals surface area (Å²) in [6, 6.07) is 15.8. The van der Waals surface area contributed by atoms with Gasteiger partial charge in [-0.25, -0.2) is 0 Å². The Labute approximate surface area is 119 Å². The van der Waals surface area contributed by atoms with Crippen molar-refractivity contribution >= 4 is 17.3 Å². The predicted octanol–water partition coefficient (Wildman–Crippen LogP) is 4.32. The van der Waals surface area contributed by atoms with E-state index in [0.717, 1.165) is 19.3 Å². The summed E-state index contributed by atoms with van der Waals surface area (Å²) in [5.41, 5.74) is 7.81. The number of unbranched alkanes of at least 4 members (excludes halogenated alkanes) is 1. The normalized spacial score (nSPS) is 10.4. The molecule has 19 heavy (non-hydrogen) atoms. The zero-order valence-corrected chi connectivity index (χ0v) is 11.6. The highest BCUT2D eigenvalue weighted by molar-refractivity contribution is 6.30. The number of nitrogen functional groups attached to an aromatic ring is 1. The van der Waals surface area contributed by atoms with Gasteiger partial charge in [0.05, 0.1) is 12.3 Å². The molecule has 0 atom stereocenters. The zero-order chi connectivity index (χ0) is 13.5. The van der Waals surface area contributed by atoms with Gasteiger partial charge in [0, 0.05) is 11.1 Å². The minimum Gasteiger partial charge on any atom is -0.491 e. The molecule has 0 aliphatic carbocycles. The fraction of sp³-hybridized carbons (Fsp3) is 0.250. The molecule has 2 N–H and O–H groups in total. The molecule has 0 heterocycles. The van der Waals surface area contributed by atoms with Crippen LogP contribution in [-0.4, -0.2) is 6.61 Å². The lowest BCUT2D eigenvalue weighted by molar-refractivity contribution is 0.308. The zero-order valence-electron chi connectivity index (χ0n) is 10.8. The van der Waals surface area contributed by atoms with E-state index >= 15 is 0 Å². The maximum absolute atomic E-state index is 5.90. The lowest BCUT2D eigenvalue weighted by atomic mass is 10.1. The fourth-order valence-electron chi connectivity index (χ4n) is 1.89. The summed E-state index contributed by atoms with van der Waals surface area (Å²) >= 11 is 5.90. The van der Waals surface area contributed by atoms with E-state index in [9.17, 15) is 0 Å². The molecule has 3 heteroatoms. The molecule has 0 aliphatic heterocycles. The van der Waals surface area contributed by atoms with Gasteiger partial charge in [-0.2, -0.15) is 0 Å². The molecule has 0 bridgehead atoms. The summed E-state index contributed by atoms with van der Waals surface area (Å²) in [6.45, 7) is 0.664. The maximum atomic E-state index is 5.90. The Balaban J connectivity index is 1.71. The predicted molar refractivity (Wildman–Crippen MR) is 80.7 cm³/mol. The molecular weight excluding hydrogens is 258 g/mol. The minimum atomic E-state index is 0.632. The first kappa shape index (κ1) is 13.8. The van der Waals surface area contributed by atoms with Crippen molar-refractivity contribution in [2.45, 2.75) is 19.3 Å². The third-order valence-electron chi connectivity index (χ3n) is 2.94. The molecule has 0 aromatic heterocycles. The third-order valence-corrected chi connectivity index (χ3v) is 3.17. The van der Waals surface area contributed by atoms with Crippen molar-refractivity contribution in [2.75, 3.05) is 12.3 Å². The van der Waals surface area contributed by atoms with Crippen molar-refractivity contribution in [1.29, 1.82) is 0 Å². The molecule has 0 saturated carbocycles. The van der Waals surface area contributed by atoms with E-state index < -0.39 is 0 Å². The standard InChI is InChI=1S/C16H18ClNO/c17-14-9-10-15(18)16(12-14)19-11-5-4-8-13-6-2-1-3-7-13/h1-3,6-7,9-10,12H,4-5,8,11,18H2. The van der Waals surface area contributed by atoms with Crippen LogP contribution in [-0.2, 0) is 6.42 Å². The van der Waals surface area contributed by atoms with Gasteiger partial charge in [0.15, 0.2) is 0 Å². The first-order valence-corrected chi connectivity index (χ1v) is 6.85. The van der Waals surface area contributed by atoms with E-state index in [1.165, 1.54) is 5.56 Å². The number of nitrogens with two attached hydrogens (primary N) is 1. The molecule has 2 rings (SSSR count). The van der Waals surface area contributed by atoms with Gasteiger partial charge in [-0.15, -0.1) is 0 Å². The molecule has 0 saturated heterocycles. The van der Waals surface area contributed by atoms with E-state index in [2.05, 4.69) is 24.3 Å². The molecular formula is C16H18ClNO. The fourth-order valence-corrected chi connectivity index (χ4v) is 2.05. The number of aryl methyl sites for hydroxylation is 1. The van der Waals surface area contributed by atoms with Crippen LogP contribution in [0.4, 0.5) is 5.69 Å². The highest BCUT2D eigenvalue weighted by Gasteiger charge is 2.01. The van der Waals surface area contributed by atoms with E-state index in [1.54, 1.807) is 18.2 Å². The van der Waals surface area contributed by atoms with Gasteiger partial charge < -0.3 is 10.5 Å². The summed E-state index contributed by atoms with van der Waals surface area (Å²) in [7, 11) is 0. The monoisotopic (exact) mass is 275 g/mol. The number of hydrogen-bond donors (Lipinski definition) is 1. The molecule has 100 valence electrons. The van der Waals surface area contributed by atoms with Crippen molar-refractivity contribution < 1.29 is 4.74 Å². The second-order valence-corrected chi connectivity index (χ2v) is 4.91. The van der Waals surface area contributed by atoms with Gasteiger partial charge in [0.1, 0.15) is 5.75 Å². The Morgan fingerprint density at radius 3 is 2.58 bits per heavy atom. The van der Waals surface area contributed by atoms with Crippen LogP contribution in [0.2, 0.25) is 5.02 Å². The molecule has 2 nitrogen and oxygen atoms in total. The van der Waals surface area contributed by atoms with Crippen molar-refractivity contribution in [2.24, 2.45) is 0 Å². The SMILES string of the molecule is Nc1ccc(Cl)cc1OCCCCc1ccccc1. The van der Waals surface area contributed by atoms with Crippen molar-refractivity contribution in [3.05, 3.63) is 59.1 Å². The van der Waals surface area contributed by atoms with Crippen LogP contribution in [0.15, 0.2) is 48.5 Å². The van der Waals surface area contributed by atoms with E-state index in [0.29, 0.717) is 23.1 Å². The molecule has 0 fully saturated rings. The Kier molecular flexibility index (Phi) is 5.10. The second kappa shape index (κ2) is 7.05. The van der Waals surface area contributed by atoms with Gasteiger partial charge in [-0.3, -0.25) is 0 Å². The average molecular weight is 276 g/mol. The van der Waals surface area contributed by atoms with Crippen LogP contribution in [0.1, 0.15) is 18.4 Å². The topological polar surface area (TPSA) is 35.2 Å². The lowest BCUT2D eigenvalue weighted by Gasteiger charge is -2.09. The van der Waals surface area contributed by atoms with Crippen LogP contribution in [0.5, 0.6) is 5.75 Å². The Bertz CT molecular complexity index is 513. The van der Waals surface area contributed by atoms with Gasteiger partial charge in [-0.1, -0.05) is 41.9 Å². The van der Waals surface area contributed by atoms with Crippen molar-refractivity contribution in [1.82, 2.24) is 0 Å². The number of benzene rings is 2. The largest absolute Gasteiger partial charge is 0.491 e. The van der Waals surface area contributed by atoms with Crippen LogP contribution in [0.3, 0.4) is 0 Å². The van der Waals surface area contributed by atoms with Gasteiger partial charge in [0.25, 0.3) is 0 Å². The molecule has 2 aromatic carbocycles. The van der Waals surface area contributed by atoms with Crippen molar-refractivity contribution in [3.63, 3.8) is 0 Å². The van der Waals surface area contributed by atoms with Gasteiger partial charge in [0.2, 0.25) is 0 Å². The summed E-state index contributed by atoms with van der Waals surface area (Å²) in [4.78, 5) is 0. The molecule has 2 aromatic rings. The van der Waals surface area contributed by atoms with Crippen LogP contribution < -0.4 is 10.5 Å². The Morgan fingerprint density at radius 1 is 1.00 bits per heavy atom. The number of halogens is 1. The highest BCUT2D eigenvalue weighted by Crippen LogP contribution is 2.25. The number of anilines is 1. The van der Waals surface area contributed by atoms with Gasteiger partial charge >= 0.3 is 0 Å². The van der Waals surface area contributed by atoms with E-state index in [-0.39, 0.29) is 0 Å². The molecule has 0 aliphatic rings. The van der Waals surface area contributed by atoms with E-state index in [4.69, 9.17) is 22.1 Å². The third kappa shape index (κ3) is 4.49. The summed E-state index contributed by atoms with van der Waals surface area (Å²) in [5.74, 6) is 0.673. The quantitative estimate of drug-likeness (QED) is 0.629. The van der Waals surface area contributed by atoms with Crippen LogP contribution in [0.25, 0.3) is 0 Å². The van der Waals surface area contributed by atoms with E-state index in [1.807, 2.05) is 6.07 Å². The van der Waals surface area contributed by atoms with Crippen LogP contribution >= 0.6 is 11.6 Å². The number of hydrogen-bond acceptors (Lipinski definition) is 2. The highest BCUT2D eigenvalue weighted by atomic mass is 35.5. The molecule has 0 unspecified atom stereocenters. The van der Waals surface area contributed by atoms with Crippen LogP contribution in [0, 0.1) is 0 Å². The number of rotatable bonds is 6. The molecule has 0 spiro atoms. The average Bonchev–Trinajstić information content (AvgIpc) is 2.43. The first-order chi connectivity index (χ1) is 9.25. The second-order valence-electron chi connectivity index (χ2n) is 4.47. The summed E-state index contributed by atoms with van der Waals surface area (Å²) in [6.07, 6.45) is 3.18. The molecule has 0 amide bonds. The molecule has 0 radical (unpaired) electrons. The Morgan fingerprint density at radius 2 is 1.79 bits per heavy atom. The summed E-state index contributed by atoms with van der Waals surface area (Å²) < 4.78 is 5.65. The Hall–Kier alpha value is -1.67. The number of ether oxygens (including phenoxy) is 1. The van der Waals surface area contributed by atoms with Crippen molar-refractivity contribution in [3.8, 4) is 5.75 Å². The maximum Gasteiger partial charge on any atom is 0.143 e. The smallest absolute Gasteiger partial charge is 0.143 e. The first-order valence-electron chi connectivity index (χ1n) is 6.47. The minimum absolute atomic E-state index is 0.632. The summed E-state index contributed by atoms with van der Waals surface area (Å²) in [5, 5.41) is 0.647. The van der Waals surface area contributed by atoms with Gasteiger partial charge in [-0.05, 0) is 37.0 Å².